The van der Waals surface area contributed by atoms with E-state index in [4.69, 9.17) is 0 Å². The van der Waals surface area contributed by atoms with Crippen molar-refractivity contribution >= 4 is 16.9 Å². The average molecular weight is 340 g/mol. The highest BCUT2D eigenvalue weighted by molar-refractivity contribution is 5.86. The van der Waals surface area contributed by atoms with Crippen LogP contribution in [0, 0.1) is 5.82 Å². The number of hydrogen-bond donors (Lipinski definition) is 0. The average Bonchev–Trinajstić information content (AvgIpc) is 3.03. The third kappa shape index (κ3) is 2.95. The fourth-order valence-corrected chi connectivity index (χ4v) is 3.47. The first kappa shape index (κ1) is 16.0. The highest BCUT2D eigenvalue weighted by atomic mass is 19.1. The Labute approximate surface area is 145 Å². The van der Waals surface area contributed by atoms with Crippen molar-refractivity contribution in [3.8, 4) is 0 Å². The van der Waals surface area contributed by atoms with Crippen molar-refractivity contribution < 1.29 is 4.39 Å². The van der Waals surface area contributed by atoms with Crippen LogP contribution in [-0.4, -0.2) is 50.8 Å². The van der Waals surface area contributed by atoms with Crippen LogP contribution in [0.3, 0.4) is 0 Å². The van der Waals surface area contributed by atoms with Gasteiger partial charge in [0.2, 0.25) is 0 Å². The first-order valence-electron chi connectivity index (χ1n) is 8.50. The zero-order valence-corrected chi connectivity index (χ0v) is 14.4. The molecule has 1 unspecified atom stereocenters. The normalized spacial score (nSPS) is 17.2. The van der Waals surface area contributed by atoms with Gasteiger partial charge in [0, 0.05) is 39.3 Å². The van der Waals surface area contributed by atoms with E-state index < -0.39 is 0 Å². The zero-order valence-electron chi connectivity index (χ0n) is 14.4. The van der Waals surface area contributed by atoms with Gasteiger partial charge in [-0.05, 0) is 24.6 Å². The number of rotatable bonds is 3. The number of anilines is 1. The minimum Gasteiger partial charge on any atom is -0.353 e. The molecule has 0 spiro atoms. The Morgan fingerprint density at radius 1 is 1.04 bits per heavy atom. The van der Waals surface area contributed by atoms with Crippen molar-refractivity contribution in [1.82, 2.24) is 24.6 Å². The van der Waals surface area contributed by atoms with Gasteiger partial charge in [0.1, 0.15) is 18.0 Å². The minimum absolute atomic E-state index is 0.190. The number of nitrogens with zero attached hydrogens (tertiary/aromatic N) is 6. The molecule has 25 heavy (non-hydrogen) atoms. The van der Waals surface area contributed by atoms with Crippen molar-refractivity contribution in [1.29, 1.82) is 0 Å². The van der Waals surface area contributed by atoms with Crippen LogP contribution in [0.1, 0.15) is 18.5 Å². The number of hydrogen-bond acceptors (Lipinski definition) is 5. The Balaban J connectivity index is 1.48. The number of benzene rings is 1. The molecular formula is C18H21FN6. The van der Waals surface area contributed by atoms with Gasteiger partial charge in [-0.3, -0.25) is 9.58 Å². The topological polar surface area (TPSA) is 50.1 Å². The van der Waals surface area contributed by atoms with E-state index in [0.717, 1.165) is 48.6 Å². The molecule has 1 aliphatic heterocycles. The second-order valence-electron chi connectivity index (χ2n) is 6.45. The maximum Gasteiger partial charge on any atom is 0.163 e. The van der Waals surface area contributed by atoms with E-state index in [0.29, 0.717) is 0 Å². The molecule has 1 aromatic carbocycles. The highest BCUT2D eigenvalue weighted by Gasteiger charge is 2.24. The molecular weight excluding hydrogens is 319 g/mol. The third-order valence-electron chi connectivity index (χ3n) is 5.02. The van der Waals surface area contributed by atoms with Crippen LogP contribution in [0.2, 0.25) is 0 Å². The fraction of sp³-hybridized carbons (Fsp3) is 0.389. The Kier molecular flexibility index (Phi) is 4.09. The van der Waals surface area contributed by atoms with Gasteiger partial charge in [-0.1, -0.05) is 12.1 Å². The third-order valence-corrected chi connectivity index (χ3v) is 5.02. The van der Waals surface area contributed by atoms with Crippen LogP contribution in [-0.2, 0) is 7.05 Å². The lowest BCUT2D eigenvalue weighted by Crippen LogP contribution is -2.47. The summed E-state index contributed by atoms with van der Waals surface area (Å²) in [6, 6.07) is 7.07. The van der Waals surface area contributed by atoms with E-state index in [9.17, 15) is 4.39 Å². The van der Waals surface area contributed by atoms with Gasteiger partial charge in [0.25, 0.3) is 0 Å². The van der Waals surface area contributed by atoms with Gasteiger partial charge in [-0.2, -0.15) is 5.10 Å². The maximum atomic E-state index is 13.1. The second kappa shape index (κ2) is 6.40. The predicted molar refractivity (Wildman–Crippen MR) is 94.9 cm³/mol. The van der Waals surface area contributed by atoms with Crippen LogP contribution in [0.25, 0.3) is 11.0 Å². The van der Waals surface area contributed by atoms with Gasteiger partial charge < -0.3 is 4.90 Å². The quantitative estimate of drug-likeness (QED) is 0.733. The van der Waals surface area contributed by atoms with Gasteiger partial charge in [-0.15, -0.1) is 0 Å². The van der Waals surface area contributed by atoms with Gasteiger partial charge >= 0.3 is 0 Å². The number of piperazine rings is 1. The van der Waals surface area contributed by atoms with Crippen LogP contribution in [0.5, 0.6) is 0 Å². The monoisotopic (exact) mass is 340 g/mol. The van der Waals surface area contributed by atoms with Crippen molar-refractivity contribution in [3.05, 3.63) is 48.2 Å². The molecule has 1 atom stereocenters. The SMILES string of the molecule is CC(c1ccc(F)cc1)N1CCN(c2ncnc3c2cnn3C)CC1. The summed E-state index contributed by atoms with van der Waals surface area (Å²) in [7, 11) is 1.89. The molecule has 1 saturated heterocycles. The van der Waals surface area contributed by atoms with Crippen LogP contribution < -0.4 is 4.90 Å². The molecule has 0 aliphatic carbocycles. The summed E-state index contributed by atoms with van der Waals surface area (Å²) in [6.07, 6.45) is 3.44. The number of aryl methyl sites for hydroxylation is 1. The Bertz CT molecular complexity index is 867. The largest absolute Gasteiger partial charge is 0.353 e. The predicted octanol–water partition coefficient (Wildman–Crippen LogP) is 2.39. The summed E-state index contributed by atoms with van der Waals surface area (Å²) < 4.78 is 14.9. The second-order valence-corrected chi connectivity index (χ2v) is 6.45. The summed E-state index contributed by atoms with van der Waals surface area (Å²) in [4.78, 5) is 13.5. The lowest BCUT2D eigenvalue weighted by molar-refractivity contribution is 0.198. The Hall–Kier alpha value is -2.54. The molecule has 1 fully saturated rings. The molecule has 0 radical (unpaired) electrons. The molecule has 130 valence electrons. The van der Waals surface area contributed by atoms with Gasteiger partial charge in [0.05, 0.1) is 11.6 Å². The van der Waals surface area contributed by atoms with Crippen molar-refractivity contribution in [2.75, 3.05) is 31.1 Å². The molecule has 0 N–H and O–H groups in total. The smallest absolute Gasteiger partial charge is 0.163 e. The number of fused-ring (bicyclic) bond motifs is 1. The van der Waals surface area contributed by atoms with Crippen LogP contribution >= 0.6 is 0 Å². The van der Waals surface area contributed by atoms with E-state index in [1.807, 2.05) is 25.4 Å². The zero-order chi connectivity index (χ0) is 17.4. The lowest BCUT2D eigenvalue weighted by Gasteiger charge is -2.38. The lowest BCUT2D eigenvalue weighted by atomic mass is 10.1. The number of halogens is 1. The minimum atomic E-state index is -0.190. The van der Waals surface area contributed by atoms with E-state index in [1.54, 1.807) is 11.0 Å². The fourth-order valence-electron chi connectivity index (χ4n) is 3.47. The Morgan fingerprint density at radius 3 is 2.48 bits per heavy atom. The van der Waals surface area contributed by atoms with Crippen molar-refractivity contribution in [3.63, 3.8) is 0 Å². The highest BCUT2D eigenvalue weighted by Crippen LogP contribution is 2.26. The molecule has 2 aromatic heterocycles. The van der Waals surface area contributed by atoms with Crippen molar-refractivity contribution in [2.45, 2.75) is 13.0 Å². The standard InChI is InChI=1S/C18H21FN6/c1-13(14-3-5-15(19)6-4-14)24-7-9-25(10-8-24)18-16-11-22-23(2)17(16)20-12-21-18/h3-6,11-13H,7-10H2,1-2H3. The molecule has 6 nitrogen and oxygen atoms in total. The van der Waals surface area contributed by atoms with E-state index in [2.05, 4.69) is 31.8 Å². The van der Waals surface area contributed by atoms with Crippen molar-refractivity contribution in [2.24, 2.45) is 7.05 Å². The first-order valence-corrected chi connectivity index (χ1v) is 8.50. The van der Waals surface area contributed by atoms with E-state index in [-0.39, 0.29) is 11.9 Å². The summed E-state index contributed by atoms with van der Waals surface area (Å²) in [5, 5.41) is 5.28. The molecule has 0 bridgehead atoms. The summed E-state index contributed by atoms with van der Waals surface area (Å²) in [5.41, 5.74) is 2.00. The van der Waals surface area contributed by atoms with E-state index in [1.165, 1.54) is 12.1 Å². The molecule has 7 heteroatoms. The molecule has 0 amide bonds. The molecule has 1 aliphatic rings. The van der Waals surface area contributed by atoms with Crippen LogP contribution in [0.15, 0.2) is 36.8 Å². The maximum absolute atomic E-state index is 13.1. The molecule has 3 heterocycles. The summed E-state index contributed by atoms with van der Waals surface area (Å²) >= 11 is 0. The van der Waals surface area contributed by atoms with E-state index >= 15 is 0 Å². The Morgan fingerprint density at radius 2 is 1.76 bits per heavy atom. The van der Waals surface area contributed by atoms with Crippen LogP contribution in [0.4, 0.5) is 10.2 Å². The van der Waals surface area contributed by atoms with Gasteiger partial charge in [0.15, 0.2) is 5.65 Å². The number of aromatic nitrogens is 4. The van der Waals surface area contributed by atoms with Gasteiger partial charge in [-0.25, -0.2) is 14.4 Å². The molecule has 0 saturated carbocycles. The molecule has 4 rings (SSSR count). The molecule has 3 aromatic rings. The summed E-state index contributed by atoms with van der Waals surface area (Å²) in [6.45, 7) is 5.83. The first-order chi connectivity index (χ1) is 12.1. The summed E-state index contributed by atoms with van der Waals surface area (Å²) in [5.74, 6) is 0.761.